The fourth-order valence-electron chi connectivity index (χ4n) is 4.21. The smallest absolute Gasteiger partial charge is 0.193 e. The van der Waals surface area contributed by atoms with Crippen molar-refractivity contribution in [1.82, 2.24) is 9.38 Å². The summed E-state index contributed by atoms with van der Waals surface area (Å²) in [6.07, 6.45) is 6.20. The predicted molar refractivity (Wildman–Crippen MR) is 129 cm³/mol. The van der Waals surface area contributed by atoms with Crippen molar-refractivity contribution in [2.24, 2.45) is 5.16 Å². The molecular formula is C25H20BrN3O4. The van der Waals surface area contributed by atoms with Crippen molar-refractivity contribution < 1.29 is 15.1 Å². The summed E-state index contributed by atoms with van der Waals surface area (Å²) in [4.78, 5) is 17.8. The van der Waals surface area contributed by atoms with Crippen LogP contribution in [0.15, 0.2) is 75.5 Å². The van der Waals surface area contributed by atoms with Gasteiger partial charge in [-0.3, -0.25) is 9.78 Å². The summed E-state index contributed by atoms with van der Waals surface area (Å²) in [5, 5.41) is 24.8. The molecule has 0 atom stereocenters. The van der Waals surface area contributed by atoms with Gasteiger partial charge in [-0.25, -0.2) is 0 Å². The molecule has 0 aliphatic carbocycles. The first kappa shape index (κ1) is 21.4. The van der Waals surface area contributed by atoms with Crippen LogP contribution in [-0.2, 0) is 6.42 Å². The summed E-state index contributed by atoms with van der Waals surface area (Å²) in [7, 11) is 0. The van der Waals surface area contributed by atoms with Gasteiger partial charge in [0.1, 0.15) is 11.1 Å². The summed E-state index contributed by atoms with van der Waals surface area (Å²) in [5.41, 5.74) is 2.89. The van der Waals surface area contributed by atoms with Gasteiger partial charge in [0, 0.05) is 58.8 Å². The van der Waals surface area contributed by atoms with Gasteiger partial charge in [-0.15, -0.1) is 0 Å². The topological polar surface area (TPSA) is 96.4 Å². The van der Waals surface area contributed by atoms with Crippen LogP contribution in [-0.4, -0.2) is 32.9 Å². The first-order valence-corrected chi connectivity index (χ1v) is 11.3. The number of nitrogens with zero attached hydrogens (tertiary/aromatic N) is 3. The first-order valence-electron chi connectivity index (χ1n) is 10.5. The molecule has 0 unspecified atom stereocenters. The van der Waals surface area contributed by atoms with Crippen LogP contribution in [0.5, 0.6) is 5.75 Å². The first-order chi connectivity index (χ1) is 16.1. The molecule has 0 radical (unpaired) electrons. The second-order valence-corrected chi connectivity index (χ2v) is 8.71. The zero-order valence-electron chi connectivity index (χ0n) is 17.5. The number of hydrogen-bond donors (Lipinski definition) is 2. The van der Waals surface area contributed by atoms with Crippen LogP contribution in [0.4, 0.5) is 0 Å². The molecule has 5 aromatic rings. The Labute approximate surface area is 196 Å². The lowest BCUT2D eigenvalue weighted by Gasteiger charge is -2.16. The highest BCUT2D eigenvalue weighted by atomic mass is 79.9. The minimum Gasteiger partial charge on any atom is -0.493 e. The summed E-state index contributed by atoms with van der Waals surface area (Å²) in [6.45, 7) is 0.314. The number of aliphatic hydroxyl groups excluding tert-OH is 1. The van der Waals surface area contributed by atoms with E-state index < -0.39 is 0 Å². The van der Waals surface area contributed by atoms with Crippen molar-refractivity contribution in [3.05, 3.63) is 92.2 Å². The minimum absolute atomic E-state index is 0.00804. The monoisotopic (exact) mass is 505 g/mol. The van der Waals surface area contributed by atoms with E-state index in [1.807, 2.05) is 40.9 Å². The van der Waals surface area contributed by atoms with Gasteiger partial charge in [0.25, 0.3) is 0 Å². The van der Waals surface area contributed by atoms with E-state index in [2.05, 4.69) is 26.1 Å². The maximum atomic E-state index is 13.6. The van der Waals surface area contributed by atoms with E-state index in [1.165, 1.54) is 0 Å². The van der Waals surface area contributed by atoms with E-state index in [0.717, 1.165) is 20.9 Å². The summed E-state index contributed by atoms with van der Waals surface area (Å²) in [6, 6.07) is 13.0. The maximum absolute atomic E-state index is 13.6. The highest BCUT2D eigenvalue weighted by Crippen LogP contribution is 2.29. The summed E-state index contributed by atoms with van der Waals surface area (Å²) < 4.78 is 8.66. The summed E-state index contributed by atoms with van der Waals surface area (Å²) >= 11 is 3.53. The average Bonchev–Trinajstić information content (AvgIpc) is 2.83. The van der Waals surface area contributed by atoms with Crippen LogP contribution in [0, 0.1) is 0 Å². The molecule has 166 valence electrons. The summed E-state index contributed by atoms with van der Waals surface area (Å²) in [5.74, 6) is 0.481. The zero-order chi connectivity index (χ0) is 22.9. The molecule has 2 N–H and O–H groups in total. The number of fused-ring (bicyclic) bond motifs is 2. The molecule has 3 heterocycles. The Hall–Kier alpha value is -3.49. The van der Waals surface area contributed by atoms with Crippen LogP contribution in [0.25, 0.3) is 27.2 Å². The number of pyridine rings is 3. The molecule has 0 saturated carbocycles. The molecule has 7 nitrogen and oxygen atoms in total. The fraction of sp³-hybridized carbons (Fsp3) is 0.160. The van der Waals surface area contributed by atoms with Gasteiger partial charge in [0.15, 0.2) is 5.43 Å². The van der Waals surface area contributed by atoms with E-state index in [-0.39, 0.29) is 12.0 Å². The lowest BCUT2D eigenvalue weighted by Crippen LogP contribution is -2.18. The third-order valence-electron chi connectivity index (χ3n) is 5.66. The third-order valence-corrected chi connectivity index (χ3v) is 6.16. The van der Waals surface area contributed by atoms with Gasteiger partial charge in [-0.2, -0.15) is 0 Å². The lowest BCUT2D eigenvalue weighted by atomic mass is 10.0. The normalized spacial score (nSPS) is 12.2. The number of rotatable bonds is 6. The van der Waals surface area contributed by atoms with E-state index in [0.29, 0.717) is 52.4 Å². The van der Waals surface area contributed by atoms with Crippen LogP contribution >= 0.6 is 15.9 Å². The Morgan fingerprint density at radius 1 is 1.12 bits per heavy atom. The quantitative estimate of drug-likeness (QED) is 0.120. The molecule has 2 aromatic carbocycles. The molecule has 0 fully saturated rings. The van der Waals surface area contributed by atoms with E-state index in [9.17, 15) is 10.0 Å². The number of halogens is 1. The van der Waals surface area contributed by atoms with Crippen molar-refractivity contribution in [2.75, 3.05) is 13.2 Å². The van der Waals surface area contributed by atoms with Gasteiger partial charge in [0.2, 0.25) is 0 Å². The zero-order valence-corrected chi connectivity index (χ0v) is 19.1. The number of hydrogen-bond acceptors (Lipinski definition) is 6. The van der Waals surface area contributed by atoms with Crippen LogP contribution < -0.4 is 15.5 Å². The number of ether oxygens (including phenoxy) is 1. The van der Waals surface area contributed by atoms with Gasteiger partial charge >= 0.3 is 0 Å². The molecular weight excluding hydrogens is 486 g/mol. The van der Waals surface area contributed by atoms with Crippen molar-refractivity contribution in [3.8, 4) is 5.75 Å². The Balaban J connectivity index is 1.89. The third kappa shape index (κ3) is 3.81. The molecule has 3 aromatic heterocycles. The van der Waals surface area contributed by atoms with Crippen LogP contribution in [0.1, 0.15) is 17.5 Å². The van der Waals surface area contributed by atoms with Gasteiger partial charge in [-0.1, -0.05) is 27.2 Å². The minimum atomic E-state index is -0.116. The Morgan fingerprint density at radius 3 is 2.73 bits per heavy atom. The number of aliphatic hydroxyl groups is 1. The van der Waals surface area contributed by atoms with E-state index >= 15 is 0 Å². The second kappa shape index (κ2) is 8.80. The Morgan fingerprint density at radius 2 is 1.97 bits per heavy atom. The lowest BCUT2D eigenvalue weighted by molar-refractivity contribution is 0.234. The number of aromatic nitrogens is 2. The fourth-order valence-corrected chi connectivity index (χ4v) is 4.56. The van der Waals surface area contributed by atoms with E-state index in [1.54, 1.807) is 24.5 Å². The molecule has 0 bridgehead atoms. The standard InChI is InChI=1S/C25H20BrN3O4/c26-17-4-5-19-22(10-17)29-14-16(9-15-3-1-6-27-13-15)25(31)21-12-18(33-8-2-7-30)11-20(24(21)29)23(19)28-32/h1,3-6,10-14,30,32H,2,7-9H2. The molecule has 5 rings (SSSR count). The molecule has 0 amide bonds. The van der Waals surface area contributed by atoms with Crippen LogP contribution in [0.2, 0.25) is 0 Å². The molecule has 33 heavy (non-hydrogen) atoms. The molecule has 0 aliphatic heterocycles. The van der Waals surface area contributed by atoms with Crippen LogP contribution in [0.3, 0.4) is 0 Å². The number of benzene rings is 2. The average molecular weight is 506 g/mol. The second-order valence-electron chi connectivity index (χ2n) is 7.79. The molecule has 0 spiro atoms. The molecule has 0 aliphatic rings. The van der Waals surface area contributed by atoms with Gasteiger partial charge in [0.05, 0.1) is 23.0 Å². The highest BCUT2D eigenvalue weighted by molar-refractivity contribution is 9.10. The Kier molecular flexibility index (Phi) is 5.70. The SMILES string of the molecule is O=c1c(Cc2cccnc2)cn2c3cc(Br)ccc3c(=NO)c3cc(OCCCO)cc1c32. The predicted octanol–water partition coefficient (Wildman–Crippen LogP) is 3.84. The molecule has 8 heteroatoms. The van der Waals surface area contributed by atoms with Crippen molar-refractivity contribution in [1.29, 1.82) is 0 Å². The van der Waals surface area contributed by atoms with Crippen molar-refractivity contribution >= 4 is 43.1 Å². The highest BCUT2D eigenvalue weighted by Gasteiger charge is 2.17. The van der Waals surface area contributed by atoms with Crippen molar-refractivity contribution in [2.45, 2.75) is 12.8 Å². The Bertz CT molecular complexity index is 1600. The van der Waals surface area contributed by atoms with Gasteiger partial charge < -0.3 is 19.5 Å². The maximum Gasteiger partial charge on any atom is 0.193 e. The largest absolute Gasteiger partial charge is 0.493 e. The van der Waals surface area contributed by atoms with Gasteiger partial charge in [-0.05, 0) is 42.0 Å². The molecule has 0 saturated heterocycles. The van der Waals surface area contributed by atoms with Crippen molar-refractivity contribution in [3.63, 3.8) is 0 Å². The van der Waals surface area contributed by atoms with E-state index in [4.69, 9.17) is 9.84 Å².